The van der Waals surface area contributed by atoms with Crippen LogP contribution >= 0.6 is 0 Å². The normalized spacial score (nSPS) is 10.5. The van der Waals surface area contributed by atoms with Crippen LogP contribution in [0.2, 0.25) is 0 Å². The van der Waals surface area contributed by atoms with Gasteiger partial charge in [-0.25, -0.2) is 0 Å². The number of nitrogens with zero attached hydrogens (tertiary/aromatic N) is 3. The van der Waals surface area contributed by atoms with E-state index in [0.717, 1.165) is 16.7 Å². The Labute approximate surface area is 152 Å². The highest BCUT2D eigenvalue weighted by Gasteiger charge is 2.10. The van der Waals surface area contributed by atoms with Gasteiger partial charge in [0, 0.05) is 25.9 Å². The Balaban J connectivity index is 1.75. The molecule has 2 aromatic carbocycles. The number of amides is 1. The number of nitrogen functional groups attached to an aromatic ring is 1. The van der Waals surface area contributed by atoms with E-state index in [1.165, 1.54) is 0 Å². The van der Waals surface area contributed by atoms with E-state index >= 15 is 0 Å². The number of nitrogens with two attached hydrogens (primary N) is 1. The summed E-state index contributed by atoms with van der Waals surface area (Å²) in [6.45, 7) is 0.657. The summed E-state index contributed by atoms with van der Waals surface area (Å²) in [5.41, 5.74) is 9.54. The third-order valence-corrected chi connectivity index (χ3v) is 4.01. The average Bonchev–Trinajstić information content (AvgIpc) is 3.10. The second-order valence-electron chi connectivity index (χ2n) is 6.24. The fourth-order valence-corrected chi connectivity index (χ4v) is 2.45. The SMILES string of the molecule is CN(C)C(=O)Cn1cc(-c2ccc(N)c(OCc3ccccc3)c2)cn1. The van der Waals surface area contributed by atoms with Gasteiger partial charge in [0.2, 0.25) is 5.91 Å². The van der Waals surface area contributed by atoms with Gasteiger partial charge < -0.3 is 15.4 Å². The second kappa shape index (κ2) is 7.74. The highest BCUT2D eigenvalue weighted by atomic mass is 16.5. The maximum absolute atomic E-state index is 11.8. The number of carbonyl (C=O) groups is 1. The Bertz CT molecular complexity index is 888. The van der Waals surface area contributed by atoms with E-state index in [9.17, 15) is 4.79 Å². The summed E-state index contributed by atoms with van der Waals surface area (Å²) in [4.78, 5) is 13.3. The predicted molar refractivity (Wildman–Crippen MR) is 102 cm³/mol. The van der Waals surface area contributed by atoms with Gasteiger partial charge in [-0.15, -0.1) is 0 Å². The van der Waals surface area contributed by atoms with Crippen molar-refractivity contribution in [2.45, 2.75) is 13.2 Å². The first-order chi connectivity index (χ1) is 12.5. The number of hydrogen-bond acceptors (Lipinski definition) is 4. The zero-order valence-electron chi connectivity index (χ0n) is 14.9. The van der Waals surface area contributed by atoms with Crippen molar-refractivity contribution in [3.8, 4) is 16.9 Å². The monoisotopic (exact) mass is 350 g/mol. The molecular formula is C20H22N4O2. The molecular weight excluding hydrogens is 328 g/mol. The summed E-state index contributed by atoms with van der Waals surface area (Å²) in [6, 6.07) is 15.6. The van der Waals surface area contributed by atoms with E-state index in [0.29, 0.717) is 18.0 Å². The van der Waals surface area contributed by atoms with Crippen LogP contribution in [0.25, 0.3) is 11.1 Å². The third kappa shape index (κ3) is 4.22. The molecule has 6 nitrogen and oxygen atoms in total. The largest absolute Gasteiger partial charge is 0.487 e. The van der Waals surface area contributed by atoms with E-state index in [4.69, 9.17) is 10.5 Å². The molecule has 0 bridgehead atoms. The highest BCUT2D eigenvalue weighted by molar-refractivity contribution is 5.75. The van der Waals surface area contributed by atoms with E-state index < -0.39 is 0 Å². The molecule has 1 amide bonds. The first-order valence-corrected chi connectivity index (χ1v) is 8.32. The molecule has 134 valence electrons. The van der Waals surface area contributed by atoms with Crippen molar-refractivity contribution in [3.05, 3.63) is 66.5 Å². The van der Waals surface area contributed by atoms with Crippen LogP contribution in [0.1, 0.15) is 5.56 Å². The second-order valence-corrected chi connectivity index (χ2v) is 6.24. The minimum absolute atomic E-state index is 0.0103. The summed E-state index contributed by atoms with van der Waals surface area (Å²) >= 11 is 0. The van der Waals surface area contributed by atoms with Crippen LogP contribution in [0.5, 0.6) is 5.75 Å². The molecule has 0 atom stereocenters. The number of rotatable bonds is 6. The molecule has 0 radical (unpaired) electrons. The van der Waals surface area contributed by atoms with Crippen LogP contribution in [-0.4, -0.2) is 34.7 Å². The van der Waals surface area contributed by atoms with Gasteiger partial charge >= 0.3 is 0 Å². The van der Waals surface area contributed by atoms with Crippen LogP contribution in [0.15, 0.2) is 60.9 Å². The van der Waals surface area contributed by atoms with Gasteiger partial charge in [0.25, 0.3) is 0 Å². The fraction of sp³-hybridized carbons (Fsp3) is 0.200. The number of hydrogen-bond donors (Lipinski definition) is 1. The van der Waals surface area contributed by atoms with Crippen molar-refractivity contribution >= 4 is 11.6 Å². The van der Waals surface area contributed by atoms with E-state index in [-0.39, 0.29) is 12.5 Å². The summed E-state index contributed by atoms with van der Waals surface area (Å²) in [6.07, 6.45) is 3.57. The molecule has 0 aliphatic rings. The molecule has 0 aliphatic heterocycles. The van der Waals surface area contributed by atoms with Crippen LogP contribution in [-0.2, 0) is 17.9 Å². The van der Waals surface area contributed by atoms with Crippen molar-refractivity contribution in [3.63, 3.8) is 0 Å². The Kier molecular flexibility index (Phi) is 5.22. The summed E-state index contributed by atoms with van der Waals surface area (Å²) in [7, 11) is 3.45. The van der Waals surface area contributed by atoms with Gasteiger partial charge in [0.15, 0.2) is 0 Å². The number of carbonyl (C=O) groups excluding carboxylic acids is 1. The molecule has 2 N–H and O–H groups in total. The molecule has 0 saturated heterocycles. The van der Waals surface area contributed by atoms with Gasteiger partial charge in [-0.1, -0.05) is 36.4 Å². The number of ether oxygens (including phenoxy) is 1. The quantitative estimate of drug-likeness (QED) is 0.694. The molecule has 1 aromatic heterocycles. The minimum atomic E-state index is -0.0103. The topological polar surface area (TPSA) is 73.4 Å². The Morgan fingerprint density at radius 3 is 2.65 bits per heavy atom. The van der Waals surface area contributed by atoms with Crippen LogP contribution in [0.3, 0.4) is 0 Å². The average molecular weight is 350 g/mol. The predicted octanol–water partition coefficient (Wildman–Crippen LogP) is 2.80. The Morgan fingerprint density at radius 2 is 1.92 bits per heavy atom. The lowest BCUT2D eigenvalue weighted by Crippen LogP contribution is -2.26. The highest BCUT2D eigenvalue weighted by Crippen LogP contribution is 2.29. The number of benzene rings is 2. The molecule has 6 heteroatoms. The smallest absolute Gasteiger partial charge is 0.243 e. The summed E-state index contributed by atoms with van der Waals surface area (Å²) in [5.74, 6) is 0.618. The van der Waals surface area contributed by atoms with Gasteiger partial charge in [-0.3, -0.25) is 9.48 Å². The van der Waals surface area contributed by atoms with Gasteiger partial charge in [-0.2, -0.15) is 5.10 Å². The van der Waals surface area contributed by atoms with E-state index in [1.807, 2.05) is 54.7 Å². The molecule has 3 aromatic rings. The number of anilines is 1. The third-order valence-electron chi connectivity index (χ3n) is 4.01. The molecule has 0 aliphatic carbocycles. The van der Waals surface area contributed by atoms with Crippen LogP contribution in [0.4, 0.5) is 5.69 Å². The zero-order chi connectivity index (χ0) is 18.5. The standard InChI is InChI=1S/C20H22N4O2/c1-23(2)20(25)13-24-12-17(11-22-24)16-8-9-18(21)19(10-16)26-14-15-6-4-3-5-7-15/h3-12H,13-14,21H2,1-2H3. The molecule has 0 unspecified atom stereocenters. The van der Waals surface area contributed by atoms with E-state index in [1.54, 1.807) is 29.9 Å². The molecule has 26 heavy (non-hydrogen) atoms. The van der Waals surface area contributed by atoms with Crippen molar-refractivity contribution in [2.24, 2.45) is 0 Å². The van der Waals surface area contributed by atoms with Crippen LogP contribution < -0.4 is 10.5 Å². The Morgan fingerprint density at radius 1 is 1.15 bits per heavy atom. The van der Waals surface area contributed by atoms with Crippen molar-refractivity contribution in [2.75, 3.05) is 19.8 Å². The molecule has 1 heterocycles. The lowest BCUT2D eigenvalue weighted by atomic mass is 10.1. The Hall–Kier alpha value is -3.28. The minimum Gasteiger partial charge on any atom is -0.487 e. The first kappa shape index (κ1) is 17.5. The van der Waals surface area contributed by atoms with Gasteiger partial charge in [0.05, 0.1) is 11.9 Å². The molecule has 0 fully saturated rings. The van der Waals surface area contributed by atoms with Crippen LogP contribution in [0, 0.1) is 0 Å². The van der Waals surface area contributed by atoms with Crippen molar-refractivity contribution in [1.82, 2.24) is 14.7 Å². The van der Waals surface area contributed by atoms with E-state index in [2.05, 4.69) is 5.10 Å². The number of aromatic nitrogens is 2. The lowest BCUT2D eigenvalue weighted by Gasteiger charge is -2.11. The maximum atomic E-state index is 11.8. The molecule has 0 saturated carbocycles. The lowest BCUT2D eigenvalue weighted by molar-refractivity contribution is -0.129. The first-order valence-electron chi connectivity index (χ1n) is 8.32. The number of likely N-dealkylation sites (N-methyl/N-ethyl adjacent to an activating group) is 1. The van der Waals surface area contributed by atoms with Gasteiger partial charge in [0.1, 0.15) is 18.9 Å². The van der Waals surface area contributed by atoms with Crippen molar-refractivity contribution < 1.29 is 9.53 Å². The zero-order valence-corrected chi connectivity index (χ0v) is 14.9. The van der Waals surface area contributed by atoms with Crippen molar-refractivity contribution in [1.29, 1.82) is 0 Å². The molecule has 3 rings (SSSR count). The maximum Gasteiger partial charge on any atom is 0.243 e. The summed E-state index contributed by atoms with van der Waals surface area (Å²) < 4.78 is 7.50. The van der Waals surface area contributed by atoms with Gasteiger partial charge in [-0.05, 0) is 23.3 Å². The molecule has 0 spiro atoms. The fourth-order valence-electron chi connectivity index (χ4n) is 2.45. The summed E-state index contributed by atoms with van der Waals surface area (Å²) in [5, 5.41) is 4.26.